The number of thiophene rings is 1. The van der Waals surface area contributed by atoms with Crippen LogP contribution in [0.5, 0.6) is 0 Å². The molecule has 6 heteroatoms. The number of benzene rings is 1. The van der Waals surface area contributed by atoms with Crippen molar-refractivity contribution >= 4 is 28.8 Å². The van der Waals surface area contributed by atoms with E-state index in [1.807, 2.05) is 11.4 Å². The molecule has 2 amide bonds. The average molecular weight is 387 g/mol. The van der Waals surface area contributed by atoms with Crippen LogP contribution in [0, 0.1) is 0 Å². The highest BCUT2D eigenvalue weighted by Crippen LogP contribution is 2.20. The molecule has 1 aromatic carbocycles. The Balaban J connectivity index is 1.41. The van der Waals surface area contributed by atoms with Crippen molar-refractivity contribution in [3.8, 4) is 0 Å². The molecule has 2 aromatic rings. The van der Waals surface area contributed by atoms with Gasteiger partial charge in [-0.15, -0.1) is 11.3 Å². The van der Waals surface area contributed by atoms with E-state index in [9.17, 15) is 9.59 Å². The number of nitrogens with one attached hydrogen (secondary N) is 2. The quantitative estimate of drug-likeness (QED) is 0.658. The lowest BCUT2D eigenvalue weighted by Gasteiger charge is -2.21. The normalized spacial score (nSPS) is 14.7. The molecule has 0 aliphatic heterocycles. The Kier molecular flexibility index (Phi) is 7.42. The summed E-state index contributed by atoms with van der Waals surface area (Å²) in [6.45, 7) is 1.26. The van der Waals surface area contributed by atoms with Crippen molar-refractivity contribution in [2.24, 2.45) is 0 Å². The third-order valence-corrected chi connectivity index (χ3v) is 5.51. The number of ether oxygens (including phenoxy) is 1. The molecule has 1 saturated carbocycles. The van der Waals surface area contributed by atoms with Gasteiger partial charge in [-0.3, -0.25) is 9.59 Å². The Morgan fingerprint density at radius 3 is 2.70 bits per heavy atom. The predicted molar refractivity (Wildman–Crippen MR) is 108 cm³/mol. The molecule has 2 N–H and O–H groups in total. The first kappa shape index (κ1) is 19.6. The SMILES string of the molecule is O=C(NCCCOC1CCCCC1)c1cccc(NC(=O)c2cccs2)c1. The molecule has 144 valence electrons. The number of amides is 2. The summed E-state index contributed by atoms with van der Waals surface area (Å²) >= 11 is 1.38. The fourth-order valence-corrected chi connectivity index (χ4v) is 3.82. The van der Waals surface area contributed by atoms with Crippen LogP contribution in [0.15, 0.2) is 41.8 Å². The van der Waals surface area contributed by atoms with Crippen LogP contribution < -0.4 is 10.6 Å². The lowest BCUT2D eigenvalue weighted by atomic mass is 9.98. The zero-order valence-corrected chi connectivity index (χ0v) is 16.2. The molecule has 0 bridgehead atoms. The minimum atomic E-state index is -0.164. The van der Waals surface area contributed by atoms with Gasteiger partial charge in [0.05, 0.1) is 11.0 Å². The molecule has 3 rings (SSSR count). The topological polar surface area (TPSA) is 67.4 Å². The van der Waals surface area contributed by atoms with Gasteiger partial charge in [0, 0.05) is 24.4 Å². The van der Waals surface area contributed by atoms with Gasteiger partial charge in [-0.25, -0.2) is 0 Å². The van der Waals surface area contributed by atoms with Gasteiger partial charge in [-0.05, 0) is 48.9 Å². The summed E-state index contributed by atoms with van der Waals surface area (Å²) < 4.78 is 5.87. The second-order valence-electron chi connectivity index (χ2n) is 6.75. The monoisotopic (exact) mass is 386 g/mol. The Hall–Kier alpha value is -2.18. The molecular formula is C21H26N2O3S. The Morgan fingerprint density at radius 1 is 1.07 bits per heavy atom. The fraction of sp³-hybridized carbons (Fsp3) is 0.429. The van der Waals surface area contributed by atoms with E-state index >= 15 is 0 Å². The van der Waals surface area contributed by atoms with Gasteiger partial charge in [0.25, 0.3) is 11.8 Å². The minimum absolute atomic E-state index is 0.139. The van der Waals surface area contributed by atoms with Gasteiger partial charge in [-0.2, -0.15) is 0 Å². The predicted octanol–water partition coefficient (Wildman–Crippen LogP) is 4.47. The van der Waals surface area contributed by atoms with Crippen molar-refractivity contribution < 1.29 is 14.3 Å². The van der Waals surface area contributed by atoms with Crippen LogP contribution >= 0.6 is 11.3 Å². The minimum Gasteiger partial charge on any atom is -0.378 e. The first-order chi connectivity index (χ1) is 13.2. The van der Waals surface area contributed by atoms with Crippen molar-refractivity contribution in [3.63, 3.8) is 0 Å². The van der Waals surface area contributed by atoms with Gasteiger partial charge in [0.15, 0.2) is 0 Å². The first-order valence-corrected chi connectivity index (χ1v) is 10.4. The highest BCUT2D eigenvalue weighted by Gasteiger charge is 2.13. The molecule has 1 heterocycles. The lowest BCUT2D eigenvalue weighted by molar-refractivity contribution is 0.0273. The standard InChI is InChI=1S/C21H26N2O3S/c24-20(22-12-6-13-26-18-9-2-1-3-10-18)16-7-4-8-17(15-16)23-21(25)19-11-5-14-27-19/h4-5,7-8,11,14-15,18H,1-3,6,9-10,12-13H2,(H,22,24)(H,23,25). The maximum absolute atomic E-state index is 12.3. The van der Waals surface area contributed by atoms with Crippen molar-refractivity contribution in [2.75, 3.05) is 18.5 Å². The summed E-state index contributed by atoms with van der Waals surface area (Å²) in [5.41, 5.74) is 1.15. The van der Waals surface area contributed by atoms with Gasteiger partial charge in [0.1, 0.15) is 0 Å². The van der Waals surface area contributed by atoms with Crippen molar-refractivity contribution in [2.45, 2.75) is 44.6 Å². The molecule has 0 radical (unpaired) electrons. The average Bonchev–Trinajstić information content (AvgIpc) is 3.24. The molecule has 0 atom stereocenters. The first-order valence-electron chi connectivity index (χ1n) is 9.57. The van der Waals surface area contributed by atoms with Gasteiger partial charge in [0.2, 0.25) is 0 Å². The van der Waals surface area contributed by atoms with Crippen LogP contribution in [-0.2, 0) is 4.74 Å². The van der Waals surface area contributed by atoms with Crippen molar-refractivity contribution in [1.82, 2.24) is 5.32 Å². The van der Waals surface area contributed by atoms with Crippen LogP contribution in [0.25, 0.3) is 0 Å². The van der Waals surface area contributed by atoms with Crippen LogP contribution in [0.3, 0.4) is 0 Å². The molecule has 1 fully saturated rings. The van der Waals surface area contributed by atoms with E-state index in [-0.39, 0.29) is 11.8 Å². The van der Waals surface area contributed by atoms with Crippen LogP contribution in [-0.4, -0.2) is 31.1 Å². The summed E-state index contributed by atoms with van der Waals surface area (Å²) in [6.07, 6.45) is 7.38. The van der Waals surface area contributed by atoms with Gasteiger partial charge >= 0.3 is 0 Å². The smallest absolute Gasteiger partial charge is 0.265 e. The molecule has 0 saturated heterocycles. The highest BCUT2D eigenvalue weighted by molar-refractivity contribution is 7.12. The molecule has 0 unspecified atom stereocenters. The second-order valence-corrected chi connectivity index (χ2v) is 7.70. The van der Waals surface area contributed by atoms with E-state index in [1.165, 1.54) is 30.6 Å². The third kappa shape index (κ3) is 6.19. The number of carbonyl (C=O) groups is 2. The molecule has 27 heavy (non-hydrogen) atoms. The lowest BCUT2D eigenvalue weighted by Crippen LogP contribution is -2.26. The van der Waals surface area contributed by atoms with Crippen LogP contribution in [0.2, 0.25) is 0 Å². The Labute approximate surface area is 164 Å². The van der Waals surface area contributed by atoms with E-state index in [0.717, 1.165) is 19.3 Å². The van der Waals surface area contributed by atoms with E-state index in [0.29, 0.717) is 35.4 Å². The number of hydrogen-bond donors (Lipinski definition) is 2. The second kappa shape index (κ2) is 10.2. The summed E-state index contributed by atoms with van der Waals surface area (Å²) in [6, 6.07) is 10.6. The maximum Gasteiger partial charge on any atom is 0.265 e. The summed E-state index contributed by atoms with van der Waals surface area (Å²) in [5, 5.41) is 7.60. The molecule has 5 nitrogen and oxygen atoms in total. The number of hydrogen-bond acceptors (Lipinski definition) is 4. The van der Waals surface area contributed by atoms with E-state index in [1.54, 1.807) is 30.3 Å². The van der Waals surface area contributed by atoms with Crippen LogP contribution in [0.1, 0.15) is 58.6 Å². The molecule has 1 aliphatic carbocycles. The highest BCUT2D eigenvalue weighted by atomic mass is 32.1. The number of carbonyl (C=O) groups excluding carboxylic acids is 2. The molecule has 1 aliphatic rings. The van der Waals surface area contributed by atoms with E-state index in [2.05, 4.69) is 10.6 Å². The zero-order chi connectivity index (χ0) is 18.9. The Bertz CT molecular complexity index is 740. The fourth-order valence-electron chi connectivity index (χ4n) is 3.20. The number of anilines is 1. The number of rotatable bonds is 8. The van der Waals surface area contributed by atoms with Crippen molar-refractivity contribution in [3.05, 3.63) is 52.2 Å². The van der Waals surface area contributed by atoms with Gasteiger partial charge in [-0.1, -0.05) is 31.4 Å². The molecule has 0 spiro atoms. The zero-order valence-electron chi connectivity index (χ0n) is 15.4. The Morgan fingerprint density at radius 2 is 1.93 bits per heavy atom. The summed E-state index contributed by atoms with van der Waals surface area (Å²) in [4.78, 5) is 25.1. The van der Waals surface area contributed by atoms with E-state index < -0.39 is 0 Å². The molecular weight excluding hydrogens is 360 g/mol. The molecule has 1 aromatic heterocycles. The van der Waals surface area contributed by atoms with Crippen molar-refractivity contribution in [1.29, 1.82) is 0 Å². The third-order valence-electron chi connectivity index (χ3n) is 4.64. The summed E-state index contributed by atoms with van der Waals surface area (Å²) in [7, 11) is 0. The van der Waals surface area contributed by atoms with E-state index in [4.69, 9.17) is 4.74 Å². The summed E-state index contributed by atoms with van der Waals surface area (Å²) in [5.74, 6) is -0.303. The maximum atomic E-state index is 12.3. The van der Waals surface area contributed by atoms with Gasteiger partial charge < -0.3 is 15.4 Å². The van der Waals surface area contributed by atoms with Crippen LogP contribution in [0.4, 0.5) is 5.69 Å². The largest absolute Gasteiger partial charge is 0.378 e.